The van der Waals surface area contributed by atoms with E-state index in [4.69, 9.17) is 5.73 Å². The number of nitrogens with zero attached hydrogens (tertiary/aromatic N) is 1. The molecule has 0 aliphatic carbocycles. The Morgan fingerprint density at radius 3 is 2.57 bits per heavy atom. The van der Waals surface area contributed by atoms with Crippen LogP contribution in [0.25, 0.3) is 0 Å². The Bertz CT molecular complexity index is 471. The highest BCUT2D eigenvalue weighted by Crippen LogP contribution is 2.18. The van der Waals surface area contributed by atoms with E-state index in [1.54, 1.807) is 18.2 Å². The number of hydrogen-bond acceptors (Lipinski definition) is 3. The van der Waals surface area contributed by atoms with E-state index < -0.39 is 6.04 Å². The van der Waals surface area contributed by atoms with Crippen LogP contribution in [0.15, 0.2) is 24.3 Å². The van der Waals surface area contributed by atoms with Crippen LogP contribution in [0.3, 0.4) is 0 Å². The molecule has 0 heterocycles. The third-order valence-electron chi connectivity index (χ3n) is 3.45. The molecule has 5 heteroatoms. The molecule has 0 spiro atoms. The quantitative estimate of drug-likeness (QED) is 0.791. The van der Waals surface area contributed by atoms with Crippen LogP contribution in [0.4, 0.5) is 10.1 Å². The summed E-state index contributed by atoms with van der Waals surface area (Å²) in [6, 6.07) is 6.13. The van der Waals surface area contributed by atoms with Gasteiger partial charge in [0.05, 0.1) is 11.7 Å². The smallest absolute Gasteiger partial charge is 0.237 e. The molecule has 1 amide bonds. The van der Waals surface area contributed by atoms with Crippen molar-refractivity contribution in [1.82, 2.24) is 5.32 Å². The average Bonchev–Trinajstić information content (AvgIpc) is 2.41. The van der Waals surface area contributed by atoms with Gasteiger partial charge >= 0.3 is 0 Å². The van der Waals surface area contributed by atoms with Gasteiger partial charge in [0.1, 0.15) is 5.82 Å². The van der Waals surface area contributed by atoms with Gasteiger partial charge in [-0.15, -0.1) is 0 Å². The van der Waals surface area contributed by atoms with Gasteiger partial charge in [-0.05, 0) is 24.0 Å². The molecule has 0 unspecified atom stereocenters. The molecule has 3 N–H and O–H groups in total. The van der Waals surface area contributed by atoms with Crippen molar-refractivity contribution in [1.29, 1.82) is 0 Å². The Kier molecular flexibility index (Phi) is 6.15. The van der Waals surface area contributed by atoms with Gasteiger partial charge in [0.2, 0.25) is 5.91 Å². The lowest BCUT2D eigenvalue weighted by atomic mass is 9.87. The number of halogens is 1. The molecule has 118 valence electrons. The molecule has 21 heavy (non-hydrogen) atoms. The SMILES string of the molecule is CN(CCCNC(=O)[C@@H](N)C(C)(C)C)c1ccccc1F. The topological polar surface area (TPSA) is 58.4 Å². The predicted octanol–water partition coefficient (Wildman–Crippen LogP) is 2.14. The van der Waals surface area contributed by atoms with Gasteiger partial charge < -0.3 is 16.0 Å². The highest BCUT2D eigenvalue weighted by Gasteiger charge is 2.26. The van der Waals surface area contributed by atoms with Gasteiger partial charge in [-0.3, -0.25) is 4.79 Å². The van der Waals surface area contributed by atoms with Gasteiger partial charge in [-0.2, -0.15) is 0 Å². The predicted molar refractivity (Wildman–Crippen MR) is 84.7 cm³/mol. The fourth-order valence-corrected chi connectivity index (χ4v) is 1.91. The summed E-state index contributed by atoms with van der Waals surface area (Å²) in [7, 11) is 1.83. The molecule has 0 radical (unpaired) electrons. The van der Waals surface area contributed by atoms with Crippen LogP contribution in [0.1, 0.15) is 27.2 Å². The van der Waals surface area contributed by atoms with E-state index in [2.05, 4.69) is 5.32 Å². The molecule has 0 aromatic heterocycles. The van der Waals surface area contributed by atoms with E-state index in [0.29, 0.717) is 18.8 Å². The van der Waals surface area contributed by atoms with Crippen LogP contribution >= 0.6 is 0 Å². The van der Waals surface area contributed by atoms with E-state index in [1.165, 1.54) is 6.07 Å². The third kappa shape index (κ3) is 5.34. The summed E-state index contributed by atoms with van der Waals surface area (Å²) in [6.07, 6.45) is 0.730. The maximum Gasteiger partial charge on any atom is 0.237 e. The number of carbonyl (C=O) groups is 1. The molecular weight excluding hydrogens is 269 g/mol. The molecule has 1 aromatic rings. The molecule has 0 fully saturated rings. The first kappa shape index (κ1) is 17.4. The molecule has 0 saturated carbocycles. The van der Waals surface area contributed by atoms with E-state index in [1.807, 2.05) is 32.7 Å². The number of anilines is 1. The molecule has 0 aliphatic heterocycles. The molecule has 0 bridgehead atoms. The van der Waals surface area contributed by atoms with Crippen LogP contribution < -0.4 is 16.0 Å². The maximum atomic E-state index is 13.6. The highest BCUT2D eigenvalue weighted by atomic mass is 19.1. The number of hydrogen-bond donors (Lipinski definition) is 2. The monoisotopic (exact) mass is 295 g/mol. The number of benzene rings is 1. The second-order valence-electron chi connectivity index (χ2n) is 6.36. The zero-order chi connectivity index (χ0) is 16.0. The standard InChI is InChI=1S/C16H26FN3O/c1-16(2,3)14(18)15(21)19-10-7-11-20(4)13-9-6-5-8-12(13)17/h5-6,8-9,14H,7,10-11,18H2,1-4H3,(H,19,21)/t14-/m1/s1. The van der Waals surface area contributed by atoms with Gasteiger partial charge in [-0.25, -0.2) is 4.39 Å². The summed E-state index contributed by atoms with van der Waals surface area (Å²) in [5.41, 5.74) is 6.18. The Morgan fingerprint density at radius 1 is 1.38 bits per heavy atom. The van der Waals surface area contributed by atoms with Gasteiger partial charge in [-0.1, -0.05) is 32.9 Å². The second kappa shape index (κ2) is 7.41. The van der Waals surface area contributed by atoms with Gasteiger partial charge in [0.25, 0.3) is 0 Å². The number of rotatable bonds is 6. The summed E-state index contributed by atoms with van der Waals surface area (Å²) >= 11 is 0. The minimum Gasteiger partial charge on any atom is -0.372 e. The first-order chi connectivity index (χ1) is 9.73. The van der Waals surface area contributed by atoms with E-state index in [-0.39, 0.29) is 17.1 Å². The largest absolute Gasteiger partial charge is 0.372 e. The third-order valence-corrected chi connectivity index (χ3v) is 3.45. The summed E-state index contributed by atoms with van der Waals surface area (Å²) in [6.45, 7) is 6.99. The van der Waals surface area contributed by atoms with Gasteiger partial charge in [0.15, 0.2) is 0 Å². The summed E-state index contributed by atoms with van der Waals surface area (Å²) in [5, 5.41) is 2.83. The van der Waals surface area contributed by atoms with E-state index in [9.17, 15) is 9.18 Å². The maximum absolute atomic E-state index is 13.6. The second-order valence-corrected chi connectivity index (χ2v) is 6.36. The Balaban J connectivity index is 2.35. The van der Waals surface area contributed by atoms with Crippen molar-refractivity contribution in [2.45, 2.75) is 33.2 Å². The first-order valence-electron chi connectivity index (χ1n) is 7.22. The van der Waals surface area contributed by atoms with Crippen LogP contribution in [0.2, 0.25) is 0 Å². The number of para-hydroxylation sites is 1. The minimum absolute atomic E-state index is 0.143. The zero-order valence-corrected chi connectivity index (χ0v) is 13.3. The number of nitrogens with two attached hydrogens (primary N) is 1. The average molecular weight is 295 g/mol. The van der Waals surface area contributed by atoms with Crippen molar-refractivity contribution in [3.8, 4) is 0 Å². The Morgan fingerprint density at radius 2 is 2.00 bits per heavy atom. The molecule has 4 nitrogen and oxygen atoms in total. The van der Waals surface area contributed by atoms with Crippen LogP contribution in [0, 0.1) is 11.2 Å². The molecule has 1 rings (SSSR count). The van der Waals surface area contributed by atoms with Crippen LogP contribution in [0.5, 0.6) is 0 Å². The molecule has 1 aromatic carbocycles. The molecular formula is C16H26FN3O. The lowest BCUT2D eigenvalue weighted by molar-refractivity contribution is -0.124. The van der Waals surface area contributed by atoms with Crippen molar-refractivity contribution >= 4 is 11.6 Å². The fraction of sp³-hybridized carbons (Fsp3) is 0.562. The highest BCUT2D eigenvalue weighted by molar-refractivity contribution is 5.82. The summed E-state index contributed by atoms with van der Waals surface area (Å²) in [4.78, 5) is 13.7. The molecule has 0 saturated heterocycles. The van der Waals surface area contributed by atoms with Crippen LogP contribution in [-0.4, -0.2) is 32.1 Å². The Labute approximate surface area is 126 Å². The van der Waals surface area contributed by atoms with E-state index >= 15 is 0 Å². The fourth-order valence-electron chi connectivity index (χ4n) is 1.91. The summed E-state index contributed by atoms with van der Waals surface area (Å²) in [5.74, 6) is -0.380. The minimum atomic E-state index is -0.526. The number of amides is 1. The Hall–Kier alpha value is -1.62. The summed E-state index contributed by atoms with van der Waals surface area (Å²) < 4.78 is 13.6. The number of carbonyl (C=O) groups excluding carboxylic acids is 1. The van der Waals surface area contributed by atoms with Crippen molar-refractivity contribution in [2.24, 2.45) is 11.1 Å². The van der Waals surface area contributed by atoms with Crippen molar-refractivity contribution in [2.75, 3.05) is 25.0 Å². The number of nitrogens with one attached hydrogen (secondary N) is 1. The normalized spacial score (nSPS) is 12.9. The lowest BCUT2D eigenvalue weighted by Gasteiger charge is -2.26. The molecule has 0 aliphatic rings. The van der Waals surface area contributed by atoms with Crippen molar-refractivity contribution in [3.05, 3.63) is 30.1 Å². The van der Waals surface area contributed by atoms with Crippen LogP contribution in [-0.2, 0) is 4.79 Å². The van der Waals surface area contributed by atoms with Crippen molar-refractivity contribution < 1.29 is 9.18 Å². The van der Waals surface area contributed by atoms with Crippen molar-refractivity contribution in [3.63, 3.8) is 0 Å². The zero-order valence-electron chi connectivity index (χ0n) is 13.3. The first-order valence-corrected chi connectivity index (χ1v) is 7.22. The lowest BCUT2D eigenvalue weighted by Crippen LogP contribution is -2.49. The molecule has 1 atom stereocenters. The van der Waals surface area contributed by atoms with E-state index in [0.717, 1.165) is 6.42 Å². The van der Waals surface area contributed by atoms with Gasteiger partial charge in [0, 0.05) is 20.1 Å².